The Labute approximate surface area is 136 Å². The van der Waals surface area contributed by atoms with Crippen molar-refractivity contribution < 1.29 is 5.11 Å². The molecule has 0 saturated carbocycles. The van der Waals surface area contributed by atoms with Crippen LogP contribution in [0.2, 0.25) is 0 Å². The highest BCUT2D eigenvalue weighted by Gasteiger charge is 2.27. The van der Waals surface area contributed by atoms with Crippen LogP contribution in [0.1, 0.15) is 25.5 Å². The number of nitrogens with two attached hydrogens (primary N) is 1. The summed E-state index contributed by atoms with van der Waals surface area (Å²) in [5, 5.41) is 9.92. The van der Waals surface area contributed by atoms with Crippen LogP contribution in [-0.4, -0.2) is 59.8 Å². The average Bonchev–Trinajstić information content (AvgIpc) is 2.42. The van der Waals surface area contributed by atoms with Crippen LogP contribution < -0.4 is 5.73 Å². The summed E-state index contributed by atoms with van der Waals surface area (Å²) in [4.78, 5) is 4.77. The van der Waals surface area contributed by atoms with E-state index in [1.807, 2.05) is 19.9 Å². The van der Waals surface area contributed by atoms with E-state index in [-0.39, 0.29) is 6.04 Å². The highest BCUT2D eigenvalue weighted by molar-refractivity contribution is 9.10. The van der Waals surface area contributed by atoms with Gasteiger partial charge in [0.25, 0.3) is 0 Å². The van der Waals surface area contributed by atoms with Gasteiger partial charge in [-0.05, 0) is 25.5 Å². The molecule has 5 heteroatoms. The van der Waals surface area contributed by atoms with Crippen molar-refractivity contribution in [1.82, 2.24) is 9.80 Å². The molecule has 2 rings (SSSR count). The largest absolute Gasteiger partial charge is 0.389 e. The Morgan fingerprint density at radius 2 is 1.86 bits per heavy atom. The molecule has 1 saturated heterocycles. The molecule has 0 amide bonds. The topological polar surface area (TPSA) is 52.7 Å². The van der Waals surface area contributed by atoms with Gasteiger partial charge in [-0.25, -0.2) is 0 Å². The summed E-state index contributed by atoms with van der Waals surface area (Å²) in [6, 6.07) is 8.56. The van der Waals surface area contributed by atoms with Crippen molar-refractivity contribution in [3.8, 4) is 0 Å². The maximum absolute atomic E-state index is 9.92. The highest BCUT2D eigenvalue weighted by atomic mass is 79.9. The quantitative estimate of drug-likeness (QED) is 0.845. The van der Waals surface area contributed by atoms with Crippen LogP contribution in [0.4, 0.5) is 0 Å². The van der Waals surface area contributed by atoms with Gasteiger partial charge in [0.05, 0.1) is 5.60 Å². The van der Waals surface area contributed by atoms with Crippen molar-refractivity contribution >= 4 is 15.9 Å². The standard InChI is InChI=1S/C16H26BrN3O/c1-16(2,21)12-19-7-9-20(10-8-19)15(11-18)13-5-3-4-6-14(13)17/h3-6,15,21H,7-12,18H2,1-2H3. The predicted octanol–water partition coefficient (Wildman–Crippen LogP) is 1.84. The fourth-order valence-electron chi connectivity index (χ4n) is 3.00. The number of hydrogen-bond acceptors (Lipinski definition) is 4. The van der Waals surface area contributed by atoms with Crippen LogP contribution in [0.15, 0.2) is 28.7 Å². The van der Waals surface area contributed by atoms with Gasteiger partial charge >= 0.3 is 0 Å². The average molecular weight is 356 g/mol. The first-order valence-corrected chi connectivity index (χ1v) is 8.33. The Kier molecular flexibility index (Phi) is 5.80. The number of piperazine rings is 1. The van der Waals surface area contributed by atoms with Crippen molar-refractivity contribution in [3.63, 3.8) is 0 Å². The number of halogens is 1. The summed E-state index contributed by atoms with van der Waals surface area (Å²) in [5.41, 5.74) is 6.66. The van der Waals surface area contributed by atoms with Gasteiger partial charge in [0.2, 0.25) is 0 Å². The third-order valence-electron chi connectivity index (χ3n) is 3.95. The highest BCUT2D eigenvalue weighted by Crippen LogP contribution is 2.28. The van der Waals surface area contributed by atoms with Crippen LogP contribution >= 0.6 is 15.9 Å². The summed E-state index contributed by atoms with van der Waals surface area (Å²) in [6.07, 6.45) is 0. The molecule has 1 aliphatic rings. The van der Waals surface area contributed by atoms with Crippen molar-refractivity contribution in [2.24, 2.45) is 5.73 Å². The fraction of sp³-hybridized carbons (Fsp3) is 0.625. The zero-order chi connectivity index (χ0) is 15.5. The van der Waals surface area contributed by atoms with E-state index in [4.69, 9.17) is 5.73 Å². The van der Waals surface area contributed by atoms with Crippen LogP contribution in [0.3, 0.4) is 0 Å². The van der Waals surface area contributed by atoms with Gasteiger partial charge in [0.15, 0.2) is 0 Å². The first kappa shape index (κ1) is 16.9. The van der Waals surface area contributed by atoms with Crippen LogP contribution in [0.5, 0.6) is 0 Å². The molecule has 1 unspecified atom stereocenters. The van der Waals surface area contributed by atoms with E-state index >= 15 is 0 Å². The van der Waals surface area contributed by atoms with E-state index < -0.39 is 5.60 Å². The summed E-state index contributed by atoms with van der Waals surface area (Å²) in [7, 11) is 0. The Hall–Kier alpha value is -0.460. The molecule has 0 radical (unpaired) electrons. The second-order valence-electron chi connectivity index (χ2n) is 6.40. The first-order chi connectivity index (χ1) is 9.90. The maximum Gasteiger partial charge on any atom is 0.0718 e. The van der Waals surface area contributed by atoms with Gasteiger partial charge in [-0.2, -0.15) is 0 Å². The summed E-state index contributed by atoms with van der Waals surface area (Å²) in [5.74, 6) is 0. The molecule has 4 nitrogen and oxygen atoms in total. The van der Waals surface area contributed by atoms with Crippen LogP contribution in [-0.2, 0) is 0 Å². The molecule has 1 atom stereocenters. The molecule has 0 aliphatic carbocycles. The van der Waals surface area contributed by atoms with Gasteiger partial charge < -0.3 is 10.8 Å². The lowest BCUT2D eigenvalue weighted by atomic mass is 10.0. The molecular weight excluding hydrogens is 330 g/mol. The van der Waals surface area contributed by atoms with E-state index in [0.717, 1.165) is 37.2 Å². The van der Waals surface area contributed by atoms with Crippen molar-refractivity contribution in [2.75, 3.05) is 39.3 Å². The molecule has 3 N–H and O–H groups in total. The predicted molar refractivity (Wildman–Crippen MR) is 90.2 cm³/mol. The Morgan fingerprint density at radius 3 is 2.38 bits per heavy atom. The smallest absolute Gasteiger partial charge is 0.0718 e. The van der Waals surface area contributed by atoms with Gasteiger partial charge in [-0.1, -0.05) is 34.1 Å². The number of nitrogens with zero attached hydrogens (tertiary/aromatic N) is 2. The lowest BCUT2D eigenvalue weighted by molar-refractivity contribution is 0.0112. The Balaban J connectivity index is 1.98. The normalized spacial score (nSPS) is 19.7. The zero-order valence-electron chi connectivity index (χ0n) is 12.9. The second-order valence-corrected chi connectivity index (χ2v) is 7.25. The zero-order valence-corrected chi connectivity index (χ0v) is 14.5. The Morgan fingerprint density at radius 1 is 1.24 bits per heavy atom. The number of aliphatic hydroxyl groups is 1. The number of rotatable bonds is 5. The van der Waals surface area contributed by atoms with E-state index in [9.17, 15) is 5.11 Å². The molecule has 1 aliphatic heterocycles. The van der Waals surface area contributed by atoms with Crippen molar-refractivity contribution in [3.05, 3.63) is 34.3 Å². The molecule has 1 fully saturated rings. The maximum atomic E-state index is 9.92. The summed E-state index contributed by atoms with van der Waals surface area (Å²) in [6.45, 7) is 9.00. The number of hydrogen-bond donors (Lipinski definition) is 2. The van der Waals surface area contributed by atoms with Crippen molar-refractivity contribution in [2.45, 2.75) is 25.5 Å². The minimum atomic E-state index is -0.627. The summed E-state index contributed by atoms with van der Waals surface area (Å²) >= 11 is 3.63. The molecule has 21 heavy (non-hydrogen) atoms. The Bertz CT molecular complexity index is 453. The second kappa shape index (κ2) is 7.20. The van der Waals surface area contributed by atoms with Gasteiger partial charge in [0.1, 0.15) is 0 Å². The molecule has 0 spiro atoms. The van der Waals surface area contributed by atoms with Gasteiger partial charge in [-0.15, -0.1) is 0 Å². The number of β-amino-alcohol motifs (C(OH)–C–C–N with tert-alkyl or cyclic N) is 1. The van der Waals surface area contributed by atoms with E-state index in [0.29, 0.717) is 6.54 Å². The van der Waals surface area contributed by atoms with Crippen molar-refractivity contribution in [1.29, 1.82) is 0 Å². The van der Waals surface area contributed by atoms with E-state index in [1.165, 1.54) is 5.56 Å². The van der Waals surface area contributed by atoms with Crippen LogP contribution in [0, 0.1) is 0 Å². The SMILES string of the molecule is CC(C)(O)CN1CCN(C(CN)c2ccccc2Br)CC1. The van der Waals surface area contributed by atoms with Gasteiger partial charge in [0, 0.05) is 49.8 Å². The first-order valence-electron chi connectivity index (χ1n) is 7.54. The number of benzene rings is 1. The molecular formula is C16H26BrN3O. The third kappa shape index (κ3) is 4.76. The monoisotopic (exact) mass is 355 g/mol. The van der Waals surface area contributed by atoms with Gasteiger partial charge in [-0.3, -0.25) is 9.80 Å². The summed E-state index contributed by atoms with van der Waals surface area (Å²) < 4.78 is 1.12. The molecule has 118 valence electrons. The molecule has 1 heterocycles. The molecule has 1 aromatic rings. The van der Waals surface area contributed by atoms with Crippen LogP contribution in [0.25, 0.3) is 0 Å². The minimum Gasteiger partial charge on any atom is -0.389 e. The molecule has 1 aromatic carbocycles. The fourth-order valence-corrected chi connectivity index (χ4v) is 3.55. The molecule has 0 bridgehead atoms. The lowest BCUT2D eigenvalue weighted by Crippen LogP contribution is -2.52. The third-order valence-corrected chi connectivity index (χ3v) is 4.67. The minimum absolute atomic E-state index is 0.255. The molecule has 0 aromatic heterocycles. The van der Waals surface area contributed by atoms with E-state index in [1.54, 1.807) is 0 Å². The lowest BCUT2D eigenvalue weighted by Gasteiger charge is -2.40. The van der Waals surface area contributed by atoms with E-state index in [2.05, 4.69) is 43.9 Å².